The number of hydrogen-bond donors (Lipinski definition) is 1. The lowest BCUT2D eigenvalue weighted by Crippen LogP contribution is -2.48. The SMILES string of the molecule is Cc1ccc(NC(=O)c2cccc(S(=O)(=O)N3C[C@@H](C)O[C@H](C)C3)c2)cc1S(=O)(=O)N1CCCCCC1. The second-order valence-electron chi connectivity index (χ2n) is 9.86. The van der Waals surface area contributed by atoms with Crippen molar-refractivity contribution in [2.45, 2.75) is 68.5 Å². The van der Waals surface area contributed by atoms with Gasteiger partial charge in [0.25, 0.3) is 5.91 Å². The van der Waals surface area contributed by atoms with Crippen molar-refractivity contribution in [2.24, 2.45) is 0 Å². The van der Waals surface area contributed by atoms with Crippen LogP contribution >= 0.6 is 0 Å². The van der Waals surface area contributed by atoms with Crippen LogP contribution in [0.3, 0.4) is 0 Å². The number of morpholine rings is 1. The third kappa shape index (κ3) is 6.23. The van der Waals surface area contributed by atoms with Crippen molar-refractivity contribution in [2.75, 3.05) is 31.5 Å². The average Bonchev–Trinajstić information content (AvgIpc) is 3.15. The monoisotopic (exact) mass is 549 g/mol. The summed E-state index contributed by atoms with van der Waals surface area (Å²) < 4.78 is 61.7. The number of ether oxygens (including phenoxy) is 1. The van der Waals surface area contributed by atoms with Crippen LogP contribution in [0, 0.1) is 6.92 Å². The van der Waals surface area contributed by atoms with Gasteiger partial charge in [-0.05, 0) is 69.5 Å². The first-order valence-corrected chi connectivity index (χ1v) is 15.5. The Hall–Kier alpha value is -2.31. The van der Waals surface area contributed by atoms with Crippen LogP contribution in [-0.2, 0) is 24.8 Å². The van der Waals surface area contributed by atoms with E-state index in [9.17, 15) is 21.6 Å². The third-order valence-electron chi connectivity index (χ3n) is 6.75. The number of benzene rings is 2. The Balaban J connectivity index is 1.55. The molecule has 0 aliphatic carbocycles. The van der Waals surface area contributed by atoms with Crippen molar-refractivity contribution in [3.8, 4) is 0 Å². The summed E-state index contributed by atoms with van der Waals surface area (Å²) in [5.74, 6) is -0.525. The minimum atomic E-state index is -3.82. The van der Waals surface area contributed by atoms with Gasteiger partial charge >= 0.3 is 0 Å². The van der Waals surface area contributed by atoms with Crippen LogP contribution in [-0.4, -0.2) is 69.7 Å². The van der Waals surface area contributed by atoms with Crippen LogP contribution in [0.2, 0.25) is 0 Å². The summed E-state index contributed by atoms with van der Waals surface area (Å²) in [7, 11) is -7.51. The molecule has 2 heterocycles. The van der Waals surface area contributed by atoms with Crippen LogP contribution in [0.5, 0.6) is 0 Å². The molecule has 2 aromatic rings. The Morgan fingerprint density at radius 3 is 2.16 bits per heavy atom. The van der Waals surface area contributed by atoms with Gasteiger partial charge in [-0.15, -0.1) is 0 Å². The van der Waals surface area contributed by atoms with Gasteiger partial charge in [0.1, 0.15) is 0 Å². The number of nitrogens with one attached hydrogen (secondary N) is 1. The summed E-state index contributed by atoms with van der Waals surface area (Å²) >= 11 is 0. The largest absolute Gasteiger partial charge is 0.373 e. The van der Waals surface area contributed by atoms with Crippen molar-refractivity contribution in [1.82, 2.24) is 8.61 Å². The van der Waals surface area contributed by atoms with Crippen molar-refractivity contribution < 1.29 is 26.4 Å². The Labute approximate surface area is 219 Å². The smallest absolute Gasteiger partial charge is 0.255 e. The van der Waals surface area contributed by atoms with Gasteiger partial charge in [-0.3, -0.25) is 4.79 Å². The van der Waals surface area contributed by atoms with E-state index in [2.05, 4.69) is 5.32 Å². The van der Waals surface area contributed by atoms with Crippen molar-refractivity contribution in [3.05, 3.63) is 53.6 Å². The molecule has 2 aliphatic heterocycles. The number of carbonyl (C=O) groups excluding carboxylic acids is 1. The molecule has 2 saturated heterocycles. The summed E-state index contributed by atoms with van der Waals surface area (Å²) in [6.45, 7) is 6.83. The molecule has 2 aliphatic rings. The molecule has 1 N–H and O–H groups in total. The number of hydrogen-bond acceptors (Lipinski definition) is 6. The van der Waals surface area contributed by atoms with Crippen molar-refractivity contribution in [3.63, 3.8) is 0 Å². The zero-order valence-electron chi connectivity index (χ0n) is 21.5. The maximum absolute atomic E-state index is 13.4. The van der Waals surface area contributed by atoms with E-state index in [0.717, 1.165) is 25.7 Å². The zero-order valence-corrected chi connectivity index (χ0v) is 23.1. The standard InChI is InChI=1S/C26H35N3O6S2/c1-19-11-12-23(16-25(19)37(33,34)28-13-6-4-5-7-14-28)27-26(30)22-9-8-10-24(15-22)36(31,32)29-17-20(2)35-21(3)18-29/h8-12,15-16,20-21H,4-7,13-14,17-18H2,1-3H3,(H,27,30)/t20-,21-/m1/s1. The first-order chi connectivity index (χ1) is 17.5. The summed E-state index contributed by atoms with van der Waals surface area (Å²) in [4.78, 5) is 13.3. The molecule has 2 aromatic carbocycles. The summed E-state index contributed by atoms with van der Waals surface area (Å²) in [5, 5.41) is 2.74. The van der Waals surface area contributed by atoms with Crippen LogP contribution in [0.25, 0.3) is 0 Å². The lowest BCUT2D eigenvalue weighted by molar-refractivity contribution is -0.0440. The molecular weight excluding hydrogens is 514 g/mol. The number of anilines is 1. The van der Waals surface area contributed by atoms with E-state index in [1.807, 2.05) is 13.8 Å². The fourth-order valence-corrected chi connectivity index (χ4v) is 8.26. The van der Waals surface area contributed by atoms with Crippen molar-refractivity contribution >= 4 is 31.6 Å². The lowest BCUT2D eigenvalue weighted by Gasteiger charge is -2.34. The summed E-state index contributed by atoms with van der Waals surface area (Å²) in [5.41, 5.74) is 1.09. The van der Waals surface area contributed by atoms with Gasteiger partial charge < -0.3 is 10.1 Å². The van der Waals surface area contributed by atoms with Crippen LogP contribution < -0.4 is 5.32 Å². The third-order valence-corrected chi connectivity index (χ3v) is 10.6. The Morgan fingerprint density at radius 2 is 1.51 bits per heavy atom. The van der Waals surface area contributed by atoms with E-state index in [0.29, 0.717) is 24.3 Å². The maximum atomic E-state index is 13.4. The molecule has 2 atom stereocenters. The Morgan fingerprint density at radius 1 is 0.865 bits per heavy atom. The second-order valence-corrected chi connectivity index (χ2v) is 13.7. The van der Waals surface area contributed by atoms with Crippen LogP contribution in [0.1, 0.15) is 55.5 Å². The highest BCUT2D eigenvalue weighted by Crippen LogP contribution is 2.27. The van der Waals surface area contributed by atoms with Gasteiger partial charge in [0.2, 0.25) is 20.0 Å². The first-order valence-electron chi connectivity index (χ1n) is 12.7. The van der Waals surface area contributed by atoms with E-state index in [4.69, 9.17) is 4.74 Å². The number of carbonyl (C=O) groups is 1. The number of sulfonamides is 2. The predicted octanol–water partition coefficient (Wildman–Crippen LogP) is 3.61. The molecule has 9 nitrogen and oxygen atoms in total. The predicted molar refractivity (Wildman–Crippen MR) is 142 cm³/mol. The van der Waals surface area contributed by atoms with E-state index >= 15 is 0 Å². The van der Waals surface area contributed by atoms with Gasteiger partial charge in [0, 0.05) is 37.4 Å². The molecule has 0 bridgehead atoms. The van der Waals surface area contributed by atoms with Gasteiger partial charge in [0.15, 0.2) is 0 Å². The molecule has 2 fully saturated rings. The molecule has 37 heavy (non-hydrogen) atoms. The minimum absolute atomic E-state index is 0.0230. The quantitative estimate of drug-likeness (QED) is 0.589. The minimum Gasteiger partial charge on any atom is -0.373 e. The first kappa shape index (κ1) is 27.7. The van der Waals surface area contributed by atoms with E-state index in [1.165, 1.54) is 38.9 Å². The lowest BCUT2D eigenvalue weighted by atomic mass is 10.2. The van der Waals surface area contributed by atoms with Gasteiger partial charge in [0.05, 0.1) is 22.0 Å². The number of aryl methyl sites for hydroxylation is 1. The summed E-state index contributed by atoms with van der Waals surface area (Å²) in [6, 6.07) is 10.7. The van der Waals surface area contributed by atoms with Crippen LogP contribution in [0.4, 0.5) is 5.69 Å². The molecule has 1 amide bonds. The average molecular weight is 550 g/mol. The van der Waals surface area contributed by atoms with E-state index < -0.39 is 26.0 Å². The number of amides is 1. The van der Waals surface area contributed by atoms with Gasteiger partial charge in [-0.25, -0.2) is 16.8 Å². The molecule has 0 radical (unpaired) electrons. The fourth-order valence-electron chi connectivity index (χ4n) is 4.85. The fraction of sp³-hybridized carbons (Fsp3) is 0.500. The van der Waals surface area contributed by atoms with Crippen molar-refractivity contribution in [1.29, 1.82) is 0 Å². The molecule has 0 saturated carbocycles. The Kier molecular flexibility index (Phi) is 8.39. The van der Waals surface area contributed by atoms with E-state index in [-0.39, 0.29) is 40.7 Å². The maximum Gasteiger partial charge on any atom is 0.255 e. The molecule has 4 rings (SSSR count). The Bertz CT molecular complexity index is 1340. The highest BCUT2D eigenvalue weighted by Gasteiger charge is 2.32. The highest BCUT2D eigenvalue weighted by atomic mass is 32.2. The molecule has 0 unspecified atom stereocenters. The second kappa shape index (κ2) is 11.2. The normalized spacial score (nSPS) is 22.4. The van der Waals surface area contributed by atoms with Gasteiger partial charge in [-0.1, -0.05) is 25.0 Å². The van der Waals surface area contributed by atoms with Gasteiger partial charge in [-0.2, -0.15) is 8.61 Å². The molecule has 0 aromatic heterocycles. The highest BCUT2D eigenvalue weighted by molar-refractivity contribution is 7.89. The number of nitrogens with zero attached hydrogens (tertiary/aromatic N) is 2. The number of rotatable bonds is 6. The van der Waals surface area contributed by atoms with Crippen LogP contribution in [0.15, 0.2) is 52.3 Å². The molecular formula is C26H35N3O6S2. The summed E-state index contributed by atoms with van der Waals surface area (Å²) in [6.07, 6.45) is 3.23. The zero-order chi connectivity index (χ0) is 26.8. The topological polar surface area (TPSA) is 113 Å². The molecule has 11 heteroatoms. The molecule has 0 spiro atoms. The van der Waals surface area contributed by atoms with E-state index in [1.54, 1.807) is 19.1 Å². The molecule has 202 valence electrons.